The average Bonchev–Trinajstić information content (AvgIpc) is 3.00. The third kappa shape index (κ3) is 2.84. The SMILES string of the molecule is Cc1ccccc1OCC(=O)Nc1nn2c(C)nnc2s1. The van der Waals surface area contributed by atoms with Gasteiger partial charge in [-0.25, -0.2) is 0 Å². The van der Waals surface area contributed by atoms with E-state index in [0.29, 0.717) is 21.7 Å². The van der Waals surface area contributed by atoms with Crippen molar-refractivity contribution >= 4 is 27.3 Å². The van der Waals surface area contributed by atoms with Crippen LogP contribution >= 0.6 is 11.3 Å². The molecule has 0 aliphatic rings. The zero-order valence-corrected chi connectivity index (χ0v) is 12.3. The van der Waals surface area contributed by atoms with Gasteiger partial charge in [-0.05, 0) is 25.5 Å². The Hall–Kier alpha value is -2.48. The summed E-state index contributed by atoms with van der Waals surface area (Å²) in [5.74, 6) is 1.11. The van der Waals surface area contributed by atoms with E-state index < -0.39 is 0 Å². The molecule has 3 aromatic rings. The van der Waals surface area contributed by atoms with Gasteiger partial charge < -0.3 is 4.74 Å². The molecule has 3 rings (SSSR count). The van der Waals surface area contributed by atoms with Crippen molar-refractivity contribution in [2.24, 2.45) is 0 Å². The number of fused-ring (bicyclic) bond motifs is 1. The van der Waals surface area contributed by atoms with Crippen LogP contribution in [-0.2, 0) is 4.79 Å². The maximum Gasteiger partial charge on any atom is 0.264 e. The van der Waals surface area contributed by atoms with Crippen LogP contribution in [0.1, 0.15) is 11.4 Å². The Bertz CT molecular complexity index is 795. The highest BCUT2D eigenvalue weighted by Crippen LogP contribution is 2.19. The van der Waals surface area contributed by atoms with Crippen LogP contribution in [0.2, 0.25) is 0 Å². The molecule has 8 heteroatoms. The van der Waals surface area contributed by atoms with Gasteiger partial charge in [-0.15, -0.1) is 15.3 Å². The van der Waals surface area contributed by atoms with Crippen molar-refractivity contribution < 1.29 is 9.53 Å². The van der Waals surface area contributed by atoms with Gasteiger partial charge in [-0.2, -0.15) is 4.52 Å². The molecule has 2 aromatic heterocycles. The molecule has 1 aromatic carbocycles. The van der Waals surface area contributed by atoms with Crippen molar-refractivity contribution in [3.63, 3.8) is 0 Å². The lowest BCUT2D eigenvalue weighted by Crippen LogP contribution is -2.20. The van der Waals surface area contributed by atoms with Crippen LogP contribution in [0.4, 0.5) is 5.13 Å². The van der Waals surface area contributed by atoms with E-state index in [1.54, 1.807) is 11.4 Å². The Labute approximate surface area is 124 Å². The normalized spacial score (nSPS) is 10.8. The van der Waals surface area contributed by atoms with Gasteiger partial charge in [-0.3, -0.25) is 10.1 Å². The first kappa shape index (κ1) is 13.5. The van der Waals surface area contributed by atoms with Crippen LogP contribution in [0.5, 0.6) is 5.75 Å². The molecular formula is C13H13N5O2S. The Morgan fingerprint density at radius 1 is 1.33 bits per heavy atom. The number of carbonyl (C=O) groups is 1. The molecule has 0 saturated carbocycles. The number of nitrogens with one attached hydrogen (secondary N) is 1. The maximum absolute atomic E-state index is 11.9. The summed E-state index contributed by atoms with van der Waals surface area (Å²) >= 11 is 1.26. The molecule has 0 bridgehead atoms. The first-order valence-corrected chi connectivity index (χ1v) is 7.12. The number of carbonyl (C=O) groups excluding carboxylic acids is 1. The number of para-hydroxylation sites is 1. The van der Waals surface area contributed by atoms with Gasteiger partial charge >= 0.3 is 0 Å². The molecule has 21 heavy (non-hydrogen) atoms. The molecule has 0 unspecified atom stereocenters. The van der Waals surface area contributed by atoms with E-state index in [1.165, 1.54) is 11.3 Å². The molecule has 0 aliphatic heterocycles. The van der Waals surface area contributed by atoms with Gasteiger partial charge in [0.2, 0.25) is 10.1 Å². The van der Waals surface area contributed by atoms with E-state index >= 15 is 0 Å². The molecule has 108 valence electrons. The van der Waals surface area contributed by atoms with E-state index in [-0.39, 0.29) is 12.5 Å². The number of aromatic nitrogens is 4. The summed E-state index contributed by atoms with van der Waals surface area (Å²) < 4.78 is 7.07. The Morgan fingerprint density at radius 2 is 2.14 bits per heavy atom. The largest absolute Gasteiger partial charge is 0.483 e. The second-order valence-electron chi connectivity index (χ2n) is 4.45. The average molecular weight is 303 g/mol. The Kier molecular flexibility index (Phi) is 3.53. The van der Waals surface area contributed by atoms with E-state index in [1.807, 2.05) is 31.2 Å². The molecule has 0 aliphatic carbocycles. The molecule has 1 N–H and O–H groups in total. The van der Waals surface area contributed by atoms with E-state index in [4.69, 9.17) is 4.74 Å². The number of nitrogens with zero attached hydrogens (tertiary/aromatic N) is 4. The number of benzene rings is 1. The predicted octanol–water partition coefficient (Wildman–Crippen LogP) is 1.82. The minimum absolute atomic E-state index is 0.0655. The van der Waals surface area contributed by atoms with Gasteiger partial charge in [0.15, 0.2) is 12.4 Å². The first-order valence-electron chi connectivity index (χ1n) is 6.30. The maximum atomic E-state index is 11.9. The zero-order valence-electron chi connectivity index (χ0n) is 11.5. The first-order chi connectivity index (χ1) is 10.1. The number of ether oxygens (including phenoxy) is 1. The predicted molar refractivity (Wildman–Crippen MR) is 78.7 cm³/mol. The summed E-state index contributed by atoms with van der Waals surface area (Å²) in [5.41, 5.74) is 0.986. The number of anilines is 1. The summed E-state index contributed by atoms with van der Waals surface area (Å²) in [5, 5.41) is 15.2. The van der Waals surface area contributed by atoms with Crippen molar-refractivity contribution in [1.82, 2.24) is 19.8 Å². The third-order valence-electron chi connectivity index (χ3n) is 2.85. The number of hydrogen-bond acceptors (Lipinski definition) is 6. The van der Waals surface area contributed by atoms with Gasteiger partial charge in [0.05, 0.1) is 0 Å². The zero-order chi connectivity index (χ0) is 14.8. The van der Waals surface area contributed by atoms with E-state index in [0.717, 1.165) is 5.56 Å². The van der Waals surface area contributed by atoms with Crippen molar-refractivity contribution in [1.29, 1.82) is 0 Å². The molecule has 0 spiro atoms. The highest BCUT2D eigenvalue weighted by atomic mass is 32.1. The molecule has 1 amide bonds. The van der Waals surface area contributed by atoms with Crippen LogP contribution in [0.25, 0.3) is 4.96 Å². The topological polar surface area (TPSA) is 81.4 Å². The van der Waals surface area contributed by atoms with Crippen LogP contribution < -0.4 is 10.1 Å². The van der Waals surface area contributed by atoms with Gasteiger partial charge in [0.1, 0.15) is 5.75 Å². The minimum atomic E-state index is -0.263. The number of aryl methyl sites for hydroxylation is 2. The van der Waals surface area contributed by atoms with Crippen molar-refractivity contribution in [2.45, 2.75) is 13.8 Å². The summed E-state index contributed by atoms with van der Waals surface area (Å²) in [7, 11) is 0. The lowest BCUT2D eigenvalue weighted by molar-refractivity contribution is -0.118. The molecule has 7 nitrogen and oxygen atoms in total. The van der Waals surface area contributed by atoms with Crippen LogP contribution in [0.15, 0.2) is 24.3 Å². The smallest absolute Gasteiger partial charge is 0.264 e. The van der Waals surface area contributed by atoms with Gasteiger partial charge in [-0.1, -0.05) is 29.5 Å². The molecular weight excluding hydrogens is 290 g/mol. The summed E-state index contributed by atoms with van der Waals surface area (Å²) in [6.07, 6.45) is 0. The van der Waals surface area contributed by atoms with Crippen molar-refractivity contribution in [3.05, 3.63) is 35.7 Å². The lowest BCUT2D eigenvalue weighted by atomic mass is 10.2. The van der Waals surface area contributed by atoms with Crippen molar-refractivity contribution in [2.75, 3.05) is 11.9 Å². The monoisotopic (exact) mass is 303 g/mol. The number of rotatable bonds is 4. The molecule has 0 radical (unpaired) electrons. The standard InChI is InChI=1S/C13H13N5O2S/c1-8-5-3-4-6-10(8)20-7-11(19)14-12-17-18-9(2)15-16-13(18)21-12/h3-6H,7H2,1-2H3,(H,14,17,19). The molecule has 0 saturated heterocycles. The summed E-state index contributed by atoms with van der Waals surface area (Å²) in [4.78, 5) is 12.5. The highest BCUT2D eigenvalue weighted by molar-refractivity contribution is 7.20. The van der Waals surface area contributed by atoms with Crippen molar-refractivity contribution in [3.8, 4) is 5.75 Å². The van der Waals surface area contributed by atoms with Gasteiger partial charge in [0.25, 0.3) is 5.91 Å². The Balaban J connectivity index is 1.62. The van der Waals surface area contributed by atoms with E-state index in [9.17, 15) is 4.79 Å². The van der Waals surface area contributed by atoms with Crippen LogP contribution in [-0.4, -0.2) is 32.3 Å². The lowest BCUT2D eigenvalue weighted by Gasteiger charge is -2.07. The molecule has 2 heterocycles. The number of amides is 1. The Morgan fingerprint density at radius 3 is 2.90 bits per heavy atom. The fraction of sp³-hybridized carbons (Fsp3) is 0.231. The fourth-order valence-corrected chi connectivity index (χ4v) is 2.58. The third-order valence-corrected chi connectivity index (χ3v) is 3.66. The van der Waals surface area contributed by atoms with Crippen LogP contribution in [0, 0.1) is 13.8 Å². The number of hydrogen-bond donors (Lipinski definition) is 1. The molecule has 0 atom stereocenters. The minimum Gasteiger partial charge on any atom is -0.483 e. The van der Waals surface area contributed by atoms with Crippen LogP contribution in [0.3, 0.4) is 0 Å². The quantitative estimate of drug-likeness (QED) is 0.795. The molecule has 0 fully saturated rings. The second kappa shape index (κ2) is 5.49. The van der Waals surface area contributed by atoms with Gasteiger partial charge in [0, 0.05) is 0 Å². The second-order valence-corrected chi connectivity index (χ2v) is 5.41. The summed E-state index contributed by atoms with van der Waals surface area (Å²) in [6.45, 7) is 3.66. The highest BCUT2D eigenvalue weighted by Gasteiger charge is 2.11. The summed E-state index contributed by atoms with van der Waals surface area (Å²) in [6, 6.07) is 7.55. The fourth-order valence-electron chi connectivity index (χ4n) is 1.78. The van der Waals surface area contributed by atoms with E-state index in [2.05, 4.69) is 20.6 Å².